The summed E-state index contributed by atoms with van der Waals surface area (Å²) in [5, 5.41) is 10.5. The van der Waals surface area contributed by atoms with E-state index in [1.165, 1.54) is 0 Å². The quantitative estimate of drug-likeness (QED) is 0.833. The minimum absolute atomic E-state index is 0.667. The second-order valence-corrected chi connectivity index (χ2v) is 4.53. The van der Waals surface area contributed by atoms with E-state index in [1.54, 1.807) is 0 Å². The van der Waals surface area contributed by atoms with Crippen LogP contribution in [0.1, 0.15) is 12.5 Å². The molecule has 1 atom stereocenters. The highest BCUT2D eigenvalue weighted by molar-refractivity contribution is 5.21. The molecule has 1 saturated heterocycles. The lowest BCUT2D eigenvalue weighted by atomic mass is 9.95. The third-order valence-corrected chi connectivity index (χ3v) is 3.03. The molecule has 1 aromatic rings. The molecule has 1 heterocycles. The maximum atomic E-state index is 10.5. The second-order valence-electron chi connectivity index (χ2n) is 4.53. The molecule has 88 valence electrons. The molecule has 1 fully saturated rings. The first-order valence-corrected chi connectivity index (χ1v) is 5.76. The van der Waals surface area contributed by atoms with Gasteiger partial charge in [-0.1, -0.05) is 30.3 Å². The molecule has 0 amide bonds. The zero-order valence-corrected chi connectivity index (χ0v) is 9.72. The fraction of sp³-hybridized carbons (Fsp3) is 0.538. The largest absolute Gasteiger partial charge is 0.384 e. The SMILES string of the molecule is CC(O)(CN1CCOCC1)c1ccccc1. The predicted molar refractivity (Wildman–Crippen MR) is 63.3 cm³/mol. The molecule has 3 heteroatoms. The van der Waals surface area contributed by atoms with E-state index >= 15 is 0 Å². The zero-order valence-electron chi connectivity index (χ0n) is 9.72. The van der Waals surface area contributed by atoms with Gasteiger partial charge < -0.3 is 9.84 Å². The van der Waals surface area contributed by atoms with Crippen LogP contribution in [-0.2, 0) is 10.3 Å². The lowest BCUT2D eigenvalue weighted by molar-refractivity contribution is -0.0253. The van der Waals surface area contributed by atoms with Gasteiger partial charge in [-0.25, -0.2) is 0 Å². The molecule has 0 aromatic heterocycles. The van der Waals surface area contributed by atoms with Gasteiger partial charge >= 0.3 is 0 Å². The van der Waals surface area contributed by atoms with Crippen molar-refractivity contribution in [2.24, 2.45) is 0 Å². The Hall–Kier alpha value is -0.900. The third-order valence-electron chi connectivity index (χ3n) is 3.03. The van der Waals surface area contributed by atoms with Crippen molar-refractivity contribution in [2.45, 2.75) is 12.5 Å². The summed E-state index contributed by atoms with van der Waals surface area (Å²) in [5.41, 5.74) is 0.194. The number of hydrogen-bond acceptors (Lipinski definition) is 3. The van der Waals surface area contributed by atoms with Gasteiger partial charge in [-0.05, 0) is 12.5 Å². The molecule has 2 rings (SSSR count). The van der Waals surface area contributed by atoms with E-state index < -0.39 is 5.60 Å². The number of rotatable bonds is 3. The third kappa shape index (κ3) is 2.82. The monoisotopic (exact) mass is 221 g/mol. The van der Waals surface area contributed by atoms with Gasteiger partial charge in [0.05, 0.1) is 18.8 Å². The lowest BCUT2D eigenvalue weighted by Gasteiger charge is -2.34. The maximum absolute atomic E-state index is 10.5. The van der Waals surface area contributed by atoms with Crippen molar-refractivity contribution in [3.05, 3.63) is 35.9 Å². The Morgan fingerprint density at radius 1 is 1.25 bits per heavy atom. The molecule has 0 spiro atoms. The van der Waals surface area contributed by atoms with Crippen LogP contribution in [0.15, 0.2) is 30.3 Å². The summed E-state index contributed by atoms with van der Waals surface area (Å²) >= 11 is 0. The molecule has 0 bridgehead atoms. The topological polar surface area (TPSA) is 32.7 Å². The highest BCUT2D eigenvalue weighted by Crippen LogP contribution is 2.21. The van der Waals surface area contributed by atoms with Gasteiger partial charge in [-0.15, -0.1) is 0 Å². The maximum Gasteiger partial charge on any atom is 0.0994 e. The average Bonchev–Trinajstić information content (AvgIpc) is 2.31. The minimum Gasteiger partial charge on any atom is -0.384 e. The van der Waals surface area contributed by atoms with Gasteiger partial charge in [-0.3, -0.25) is 4.90 Å². The van der Waals surface area contributed by atoms with E-state index in [9.17, 15) is 5.11 Å². The van der Waals surface area contributed by atoms with Gasteiger partial charge in [0.25, 0.3) is 0 Å². The Kier molecular flexibility index (Phi) is 3.59. The van der Waals surface area contributed by atoms with Gasteiger partial charge in [-0.2, -0.15) is 0 Å². The first kappa shape index (κ1) is 11.6. The smallest absolute Gasteiger partial charge is 0.0994 e. The molecule has 3 nitrogen and oxygen atoms in total. The van der Waals surface area contributed by atoms with Gasteiger partial charge in [0.1, 0.15) is 0 Å². The van der Waals surface area contributed by atoms with Crippen molar-refractivity contribution in [3.8, 4) is 0 Å². The molecular formula is C13H19NO2. The summed E-state index contributed by atoms with van der Waals surface area (Å²) in [4.78, 5) is 2.25. The minimum atomic E-state index is -0.779. The van der Waals surface area contributed by atoms with E-state index in [2.05, 4.69) is 4.90 Å². The standard InChI is InChI=1S/C13H19NO2/c1-13(15,12-5-3-2-4-6-12)11-14-7-9-16-10-8-14/h2-6,15H,7-11H2,1H3. The van der Waals surface area contributed by atoms with Crippen molar-refractivity contribution in [1.82, 2.24) is 4.90 Å². The van der Waals surface area contributed by atoms with Crippen LogP contribution in [0.2, 0.25) is 0 Å². The number of ether oxygens (including phenoxy) is 1. The molecule has 0 radical (unpaired) electrons. The van der Waals surface area contributed by atoms with Crippen molar-refractivity contribution >= 4 is 0 Å². The van der Waals surface area contributed by atoms with Crippen LogP contribution in [0.25, 0.3) is 0 Å². The molecule has 0 saturated carbocycles. The molecule has 1 unspecified atom stereocenters. The number of β-amino-alcohol motifs (C(OH)–C–C–N with tert-alkyl or cyclic N) is 1. The fourth-order valence-electron chi connectivity index (χ4n) is 2.08. The first-order valence-electron chi connectivity index (χ1n) is 5.76. The number of nitrogens with zero attached hydrogens (tertiary/aromatic N) is 1. The molecule has 1 aliphatic rings. The van der Waals surface area contributed by atoms with Crippen LogP contribution in [0.5, 0.6) is 0 Å². The average molecular weight is 221 g/mol. The molecule has 1 N–H and O–H groups in total. The van der Waals surface area contributed by atoms with E-state index in [1.807, 2.05) is 37.3 Å². The Morgan fingerprint density at radius 2 is 1.88 bits per heavy atom. The zero-order chi connectivity index (χ0) is 11.4. The van der Waals surface area contributed by atoms with E-state index in [4.69, 9.17) is 4.74 Å². The Morgan fingerprint density at radius 3 is 2.50 bits per heavy atom. The van der Waals surface area contributed by atoms with Crippen molar-refractivity contribution in [1.29, 1.82) is 0 Å². The summed E-state index contributed by atoms with van der Waals surface area (Å²) in [7, 11) is 0. The van der Waals surface area contributed by atoms with Gasteiger partial charge in [0, 0.05) is 19.6 Å². The Balaban J connectivity index is 2.01. The van der Waals surface area contributed by atoms with E-state index in [-0.39, 0.29) is 0 Å². The van der Waals surface area contributed by atoms with Crippen LogP contribution < -0.4 is 0 Å². The van der Waals surface area contributed by atoms with Crippen molar-refractivity contribution in [3.63, 3.8) is 0 Å². The predicted octanol–water partition coefficient (Wildman–Crippen LogP) is 1.23. The number of morpholine rings is 1. The first-order chi connectivity index (χ1) is 7.68. The number of hydrogen-bond donors (Lipinski definition) is 1. The van der Waals surface area contributed by atoms with Crippen LogP contribution in [0, 0.1) is 0 Å². The normalized spacial score (nSPS) is 21.6. The van der Waals surface area contributed by atoms with Crippen molar-refractivity contribution in [2.75, 3.05) is 32.8 Å². The Bertz CT molecular complexity index is 318. The van der Waals surface area contributed by atoms with Crippen LogP contribution in [-0.4, -0.2) is 42.9 Å². The Labute approximate surface area is 96.6 Å². The molecule has 16 heavy (non-hydrogen) atoms. The summed E-state index contributed by atoms with van der Waals surface area (Å²) < 4.78 is 5.30. The van der Waals surface area contributed by atoms with E-state index in [0.717, 1.165) is 31.9 Å². The summed E-state index contributed by atoms with van der Waals surface area (Å²) in [6.45, 7) is 5.89. The van der Waals surface area contributed by atoms with Crippen LogP contribution in [0.3, 0.4) is 0 Å². The number of aliphatic hydroxyl groups is 1. The van der Waals surface area contributed by atoms with Crippen LogP contribution in [0.4, 0.5) is 0 Å². The highest BCUT2D eigenvalue weighted by Gasteiger charge is 2.26. The molecule has 0 aliphatic carbocycles. The highest BCUT2D eigenvalue weighted by atomic mass is 16.5. The second kappa shape index (κ2) is 4.95. The molecule has 1 aliphatic heterocycles. The molecule has 1 aromatic carbocycles. The van der Waals surface area contributed by atoms with Gasteiger partial charge in [0.2, 0.25) is 0 Å². The van der Waals surface area contributed by atoms with Gasteiger partial charge in [0.15, 0.2) is 0 Å². The lowest BCUT2D eigenvalue weighted by Crippen LogP contribution is -2.44. The summed E-state index contributed by atoms with van der Waals surface area (Å²) in [6.07, 6.45) is 0. The molecular weight excluding hydrogens is 202 g/mol. The summed E-state index contributed by atoms with van der Waals surface area (Å²) in [5.74, 6) is 0. The van der Waals surface area contributed by atoms with E-state index in [0.29, 0.717) is 6.54 Å². The van der Waals surface area contributed by atoms with Crippen LogP contribution >= 0.6 is 0 Å². The number of benzene rings is 1. The summed E-state index contributed by atoms with van der Waals surface area (Å²) in [6, 6.07) is 9.83. The fourth-order valence-corrected chi connectivity index (χ4v) is 2.08. The van der Waals surface area contributed by atoms with Crippen molar-refractivity contribution < 1.29 is 9.84 Å².